The van der Waals surface area contributed by atoms with Crippen molar-refractivity contribution in [3.05, 3.63) is 42.5 Å². The molecule has 31 heavy (non-hydrogen) atoms. The maximum Gasteiger partial charge on any atom is 0.193 e. The number of nitrogens with one attached hydrogen (secondary N) is 1. The van der Waals surface area contributed by atoms with Gasteiger partial charge in [-0.05, 0) is 31.4 Å². The van der Waals surface area contributed by atoms with Gasteiger partial charge in [-0.3, -0.25) is 4.99 Å². The molecule has 2 heterocycles. The summed E-state index contributed by atoms with van der Waals surface area (Å²) < 4.78 is 2.08. The predicted octanol–water partition coefficient (Wildman–Crippen LogP) is 2.39. The number of aryl methyl sites for hydroxylation is 1. The fourth-order valence-corrected chi connectivity index (χ4v) is 3.68. The highest BCUT2D eigenvalue weighted by Crippen LogP contribution is 2.12. The lowest BCUT2D eigenvalue weighted by molar-refractivity contribution is 0.108. The molecule has 1 saturated heterocycles. The van der Waals surface area contributed by atoms with Crippen molar-refractivity contribution in [2.24, 2.45) is 4.99 Å². The predicted molar refractivity (Wildman–Crippen MR) is 136 cm³/mol. The Morgan fingerprint density at radius 2 is 2.00 bits per heavy atom. The number of hydrogen-bond donors (Lipinski definition) is 2. The standard InChI is InChI=1S/C22H35N7O.HI/c1-3-21-26-25-18-29(21)17-13-24-22(28-15-10-20(30)11-16-28)23-12-7-14-27(2)19-8-5-4-6-9-19;/h4-6,8-9,18,20,30H,3,7,10-17H2,1-2H3,(H,23,24);1H. The van der Waals surface area contributed by atoms with Crippen LogP contribution in [0.3, 0.4) is 0 Å². The monoisotopic (exact) mass is 541 g/mol. The molecule has 0 bridgehead atoms. The number of piperidine rings is 1. The Morgan fingerprint density at radius 3 is 2.71 bits per heavy atom. The first kappa shape index (κ1) is 25.4. The molecule has 0 saturated carbocycles. The van der Waals surface area contributed by atoms with E-state index in [1.54, 1.807) is 6.33 Å². The fourth-order valence-electron chi connectivity index (χ4n) is 3.68. The highest BCUT2D eigenvalue weighted by atomic mass is 127. The highest BCUT2D eigenvalue weighted by Gasteiger charge is 2.19. The summed E-state index contributed by atoms with van der Waals surface area (Å²) in [5.41, 5.74) is 1.23. The number of para-hydroxylation sites is 1. The van der Waals surface area contributed by atoms with E-state index in [9.17, 15) is 5.11 Å². The Kier molecular flexibility index (Phi) is 11.1. The Morgan fingerprint density at radius 1 is 1.26 bits per heavy atom. The molecule has 2 aromatic rings. The largest absolute Gasteiger partial charge is 0.393 e. The summed E-state index contributed by atoms with van der Waals surface area (Å²) in [5, 5.41) is 21.5. The number of halogens is 1. The van der Waals surface area contributed by atoms with E-state index in [4.69, 9.17) is 4.99 Å². The van der Waals surface area contributed by atoms with Gasteiger partial charge in [0.05, 0.1) is 6.10 Å². The molecule has 9 heteroatoms. The molecule has 1 aliphatic heterocycles. The molecular formula is C22H36IN7O. The quantitative estimate of drug-likeness (QED) is 0.220. The van der Waals surface area contributed by atoms with Crippen LogP contribution in [-0.2, 0) is 13.0 Å². The summed E-state index contributed by atoms with van der Waals surface area (Å²) >= 11 is 0. The van der Waals surface area contributed by atoms with E-state index in [1.165, 1.54) is 5.69 Å². The fraction of sp³-hybridized carbons (Fsp3) is 0.591. The summed E-state index contributed by atoms with van der Waals surface area (Å²) in [5.74, 6) is 1.94. The van der Waals surface area contributed by atoms with Crippen molar-refractivity contribution in [1.29, 1.82) is 0 Å². The van der Waals surface area contributed by atoms with Crippen molar-refractivity contribution in [3.8, 4) is 0 Å². The minimum Gasteiger partial charge on any atom is -0.393 e. The molecule has 0 spiro atoms. The lowest BCUT2D eigenvalue weighted by Gasteiger charge is -2.32. The molecular weight excluding hydrogens is 505 g/mol. The summed E-state index contributed by atoms with van der Waals surface area (Å²) in [6, 6.07) is 10.4. The minimum atomic E-state index is -0.189. The van der Waals surface area contributed by atoms with Gasteiger partial charge >= 0.3 is 0 Å². The van der Waals surface area contributed by atoms with Crippen LogP contribution >= 0.6 is 24.0 Å². The third-order valence-electron chi connectivity index (χ3n) is 5.52. The molecule has 0 unspecified atom stereocenters. The normalized spacial score (nSPS) is 14.9. The van der Waals surface area contributed by atoms with E-state index < -0.39 is 0 Å². The van der Waals surface area contributed by atoms with Crippen LogP contribution in [0.1, 0.15) is 32.0 Å². The van der Waals surface area contributed by atoms with Crippen LogP contribution in [0.15, 0.2) is 41.7 Å². The Balaban J connectivity index is 0.00000341. The lowest BCUT2D eigenvalue weighted by atomic mass is 10.1. The van der Waals surface area contributed by atoms with Crippen LogP contribution in [0.4, 0.5) is 5.69 Å². The van der Waals surface area contributed by atoms with Crippen molar-refractivity contribution in [3.63, 3.8) is 0 Å². The molecule has 0 atom stereocenters. The zero-order valence-corrected chi connectivity index (χ0v) is 21.0. The number of aliphatic imine (C=N–C) groups is 1. The summed E-state index contributed by atoms with van der Waals surface area (Å²) in [6.45, 7) is 7.07. The third-order valence-corrected chi connectivity index (χ3v) is 5.52. The average molecular weight is 541 g/mol. The van der Waals surface area contributed by atoms with E-state index in [2.05, 4.69) is 68.1 Å². The van der Waals surface area contributed by atoms with Crippen LogP contribution in [0.5, 0.6) is 0 Å². The van der Waals surface area contributed by atoms with Crippen molar-refractivity contribution in [2.75, 3.05) is 44.7 Å². The number of anilines is 1. The van der Waals surface area contributed by atoms with Gasteiger partial charge in [-0.2, -0.15) is 0 Å². The minimum absolute atomic E-state index is 0. The lowest BCUT2D eigenvalue weighted by Crippen LogP contribution is -2.47. The molecule has 1 aromatic heterocycles. The molecule has 172 valence electrons. The van der Waals surface area contributed by atoms with Crippen LogP contribution in [0.2, 0.25) is 0 Å². The van der Waals surface area contributed by atoms with Crippen LogP contribution in [-0.4, -0.2) is 76.6 Å². The van der Waals surface area contributed by atoms with Gasteiger partial charge in [-0.15, -0.1) is 34.2 Å². The topological polar surface area (TPSA) is 81.8 Å². The number of aliphatic hydroxyl groups excluding tert-OH is 1. The number of guanidine groups is 1. The summed E-state index contributed by atoms with van der Waals surface area (Å²) in [7, 11) is 2.12. The Hall–Kier alpha value is -1.88. The molecule has 1 aromatic carbocycles. The second-order valence-electron chi connectivity index (χ2n) is 7.76. The van der Waals surface area contributed by atoms with E-state index in [0.717, 1.165) is 76.7 Å². The van der Waals surface area contributed by atoms with Gasteiger partial charge in [-0.25, -0.2) is 0 Å². The van der Waals surface area contributed by atoms with Gasteiger partial charge < -0.3 is 24.8 Å². The van der Waals surface area contributed by atoms with Gasteiger partial charge in [0.25, 0.3) is 0 Å². The number of hydrogen-bond acceptors (Lipinski definition) is 5. The zero-order chi connectivity index (χ0) is 21.2. The van der Waals surface area contributed by atoms with Gasteiger partial charge in [-0.1, -0.05) is 25.1 Å². The number of nitrogens with zero attached hydrogens (tertiary/aromatic N) is 6. The second-order valence-corrected chi connectivity index (χ2v) is 7.76. The highest BCUT2D eigenvalue weighted by molar-refractivity contribution is 14.0. The first-order valence-electron chi connectivity index (χ1n) is 11.0. The van der Waals surface area contributed by atoms with Gasteiger partial charge in [0, 0.05) is 58.4 Å². The molecule has 1 aliphatic rings. The number of likely N-dealkylation sites (tertiary alicyclic amines) is 1. The molecule has 1 fully saturated rings. The van der Waals surface area contributed by atoms with E-state index in [-0.39, 0.29) is 30.1 Å². The third kappa shape index (κ3) is 7.95. The molecule has 0 radical (unpaired) electrons. The second kappa shape index (κ2) is 13.5. The van der Waals surface area contributed by atoms with Gasteiger partial charge in [0.15, 0.2) is 5.96 Å². The number of benzene rings is 1. The molecule has 8 nitrogen and oxygen atoms in total. The zero-order valence-electron chi connectivity index (χ0n) is 18.7. The van der Waals surface area contributed by atoms with Crippen LogP contribution in [0, 0.1) is 0 Å². The van der Waals surface area contributed by atoms with Crippen molar-refractivity contribution < 1.29 is 5.11 Å². The van der Waals surface area contributed by atoms with Crippen LogP contribution < -0.4 is 10.2 Å². The van der Waals surface area contributed by atoms with E-state index >= 15 is 0 Å². The van der Waals surface area contributed by atoms with Gasteiger partial charge in [0.1, 0.15) is 12.2 Å². The summed E-state index contributed by atoms with van der Waals surface area (Å²) in [4.78, 5) is 9.41. The van der Waals surface area contributed by atoms with E-state index in [0.29, 0.717) is 0 Å². The van der Waals surface area contributed by atoms with Crippen molar-refractivity contribution >= 4 is 35.6 Å². The smallest absolute Gasteiger partial charge is 0.193 e. The maximum absolute atomic E-state index is 9.84. The molecule has 0 aliphatic carbocycles. The first-order chi connectivity index (χ1) is 14.7. The average Bonchev–Trinajstić information content (AvgIpc) is 3.24. The SMILES string of the molecule is CCc1nncn1CCNC(=NCCCN(C)c1ccccc1)N1CCC(O)CC1.I. The van der Waals surface area contributed by atoms with Crippen LogP contribution in [0.25, 0.3) is 0 Å². The molecule has 2 N–H and O–H groups in total. The van der Waals surface area contributed by atoms with Crippen molar-refractivity contribution in [1.82, 2.24) is 25.0 Å². The molecule has 0 amide bonds. The number of aromatic nitrogens is 3. The number of aliphatic hydroxyl groups is 1. The summed E-state index contributed by atoms with van der Waals surface area (Å²) in [6.07, 6.45) is 5.05. The number of rotatable bonds is 9. The van der Waals surface area contributed by atoms with E-state index in [1.807, 2.05) is 6.07 Å². The maximum atomic E-state index is 9.84. The Bertz CT molecular complexity index is 775. The van der Waals surface area contributed by atoms with Gasteiger partial charge in [0.2, 0.25) is 0 Å². The Labute approximate surface area is 202 Å². The molecule has 3 rings (SSSR count). The van der Waals surface area contributed by atoms with Crippen molar-refractivity contribution in [2.45, 2.75) is 45.3 Å². The first-order valence-corrected chi connectivity index (χ1v) is 11.0.